The topological polar surface area (TPSA) is 88.7 Å². The van der Waals surface area contributed by atoms with Crippen LogP contribution in [0.1, 0.15) is 34.9 Å². The Bertz CT molecular complexity index is 918. The SMILES string of the molecule is Cc1nc(NC(=O)c2ccoc2)sc1-c1n[nH]c(=S)n1C1CC1. The number of carbonyl (C=O) groups is 1. The third kappa shape index (κ3) is 2.62. The normalized spacial score (nSPS) is 14.1. The quantitative estimate of drug-likeness (QED) is 0.705. The average molecular weight is 347 g/mol. The van der Waals surface area contributed by atoms with Crippen LogP contribution in [0, 0.1) is 11.7 Å². The molecular weight excluding hydrogens is 334 g/mol. The van der Waals surface area contributed by atoms with E-state index in [1.54, 1.807) is 6.07 Å². The Labute approximate surface area is 140 Å². The van der Waals surface area contributed by atoms with Gasteiger partial charge in [-0.15, -0.1) is 0 Å². The van der Waals surface area contributed by atoms with Crippen molar-refractivity contribution in [3.63, 3.8) is 0 Å². The molecule has 0 radical (unpaired) electrons. The number of hydrogen-bond acceptors (Lipinski definition) is 6. The van der Waals surface area contributed by atoms with Crippen molar-refractivity contribution in [3.05, 3.63) is 34.6 Å². The fourth-order valence-corrected chi connectivity index (χ4v) is 3.59. The zero-order chi connectivity index (χ0) is 16.0. The van der Waals surface area contributed by atoms with Crippen LogP contribution in [0.5, 0.6) is 0 Å². The minimum Gasteiger partial charge on any atom is -0.472 e. The van der Waals surface area contributed by atoms with Crippen LogP contribution in [0.4, 0.5) is 5.13 Å². The molecule has 0 aliphatic heterocycles. The lowest BCUT2D eigenvalue weighted by Crippen LogP contribution is -2.10. The molecular formula is C14H13N5O2S2. The second kappa shape index (κ2) is 5.43. The maximum Gasteiger partial charge on any atom is 0.260 e. The third-order valence-corrected chi connectivity index (χ3v) is 4.98. The number of hydrogen-bond donors (Lipinski definition) is 2. The monoisotopic (exact) mass is 347 g/mol. The first-order chi connectivity index (χ1) is 11.1. The number of H-pyrrole nitrogens is 1. The van der Waals surface area contributed by atoms with Gasteiger partial charge < -0.3 is 4.42 Å². The molecule has 1 saturated carbocycles. The van der Waals surface area contributed by atoms with Crippen molar-refractivity contribution in [1.82, 2.24) is 19.7 Å². The summed E-state index contributed by atoms with van der Waals surface area (Å²) < 4.78 is 7.58. The Balaban J connectivity index is 1.65. The summed E-state index contributed by atoms with van der Waals surface area (Å²) in [6, 6.07) is 2.02. The summed E-state index contributed by atoms with van der Waals surface area (Å²) in [5.41, 5.74) is 1.27. The molecule has 1 amide bonds. The molecule has 3 heterocycles. The summed E-state index contributed by atoms with van der Waals surface area (Å²) >= 11 is 6.70. The minimum absolute atomic E-state index is 0.250. The lowest BCUT2D eigenvalue weighted by atomic mass is 10.3. The molecule has 3 aromatic heterocycles. The fraction of sp³-hybridized carbons (Fsp3) is 0.286. The molecule has 0 unspecified atom stereocenters. The van der Waals surface area contributed by atoms with E-state index in [1.165, 1.54) is 23.9 Å². The molecule has 0 saturated heterocycles. The number of aryl methyl sites for hydroxylation is 1. The summed E-state index contributed by atoms with van der Waals surface area (Å²) in [6.07, 6.45) is 5.08. The molecule has 0 spiro atoms. The van der Waals surface area contributed by atoms with E-state index in [4.69, 9.17) is 16.6 Å². The number of anilines is 1. The second-order valence-electron chi connectivity index (χ2n) is 5.35. The van der Waals surface area contributed by atoms with E-state index in [0.717, 1.165) is 29.2 Å². The molecule has 7 nitrogen and oxygen atoms in total. The van der Waals surface area contributed by atoms with Crippen molar-refractivity contribution in [3.8, 4) is 10.7 Å². The van der Waals surface area contributed by atoms with E-state index in [-0.39, 0.29) is 5.91 Å². The number of nitrogens with one attached hydrogen (secondary N) is 2. The van der Waals surface area contributed by atoms with Crippen LogP contribution in [-0.2, 0) is 0 Å². The van der Waals surface area contributed by atoms with Crippen LogP contribution in [0.25, 0.3) is 10.7 Å². The minimum atomic E-state index is -0.250. The average Bonchev–Trinajstić information content (AvgIpc) is 2.94. The molecule has 0 aromatic carbocycles. The number of rotatable bonds is 4. The highest BCUT2D eigenvalue weighted by Crippen LogP contribution is 2.40. The van der Waals surface area contributed by atoms with Crippen LogP contribution >= 0.6 is 23.6 Å². The number of amides is 1. The Hall–Kier alpha value is -2.26. The van der Waals surface area contributed by atoms with E-state index in [0.29, 0.717) is 21.5 Å². The van der Waals surface area contributed by atoms with Gasteiger partial charge in [0.15, 0.2) is 15.7 Å². The maximum atomic E-state index is 12.1. The third-order valence-electron chi connectivity index (χ3n) is 3.62. The van der Waals surface area contributed by atoms with Gasteiger partial charge in [-0.3, -0.25) is 19.8 Å². The Morgan fingerprint density at radius 2 is 2.39 bits per heavy atom. The zero-order valence-electron chi connectivity index (χ0n) is 12.2. The molecule has 0 bridgehead atoms. The van der Waals surface area contributed by atoms with E-state index in [2.05, 4.69) is 20.5 Å². The van der Waals surface area contributed by atoms with E-state index in [9.17, 15) is 4.79 Å². The Morgan fingerprint density at radius 1 is 1.57 bits per heavy atom. The van der Waals surface area contributed by atoms with Gasteiger partial charge in [0.25, 0.3) is 5.91 Å². The maximum absolute atomic E-state index is 12.1. The predicted octanol–water partition coefficient (Wildman–Crippen LogP) is 3.55. The Morgan fingerprint density at radius 3 is 3.09 bits per heavy atom. The summed E-state index contributed by atoms with van der Waals surface area (Å²) in [6.45, 7) is 1.90. The van der Waals surface area contributed by atoms with Gasteiger partial charge in [0.2, 0.25) is 0 Å². The van der Waals surface area contributed by atoms with Crippen molar-refractivity contribution >= 4 is 34.6 Å². The van der Waals surface area contributed by atoms with Crippen LogP contribution in [0.3, 0.4) is 0 Å². The largest absolute Gasteiger partial charge is 0.472 e. The second-order valence-corrected chi connectivity index (χ2v) is 6.74. The van der Waals surface area contributed by atoms with Gasteiger partial charge in [0.1, 0.15) is 6.26 Å². The van der Waals surface area contributed by atoms with E-state index < -0.39 is 0 Å². The van der Waals surface area contributed by atoms with Crippen LogP contribution < -0.4 is 5.32 Å². The number of carbonyl (C=O) groups excluding carboxylic acids is 1. The number of aromatic nitrogens is 4. The van der Waals surface area contributed by atoms with Gasteiger partial charge in [0, 0.05) is 6.04 Å². The van der Waals surface area contributed by atoms with Crippen molar-refractivity contribution in [2.24, 2.45) is 0 Å². The first-order valence-electron chi connectivity index (χ1n) is 7.11. The molecule has 118 valence electrons. The van der Waals surface area contributed by atoms with Crippen LogP contribution in [0.2, 0.25) is 0 Å². The highest BCUT2D eigenvalue weighted by molar-refractivity contribution is 7.71. The molecule has 1 aliphatic carbocycles. The molecule has 3 aromatic rings. The standard InChI is InChI=1S/C14H13N5O2S2/c1-7-10(11-17-18-14(22)19(11)9-2-3-9)23-13(15-7)16-12(20)8-4-5-21-6-8/h4-6,9H,2-3H2,1H3,(H,18,22)(H,15,16,20). The summed E-state index contributed by atoms with van der Waals surface area (Å²) in [7, 11) is 0. The van der Waals surface area contributed by atoms with Crippen LogP contribution in [0.15, 0.2) is 23.0 Å². The van der Waals surface area contributed by atoms with Gasteiger partial charge in [0.05, 0.1) is 22.4 Å². The summed E-state index contributed by atoms with van der Waals surface area (Å²) in [5, 5.41) is 10.5. The smallest absolute Gasteiger partial charge is 0.260 e. The number of aromatic amines is 1. The zero-order valence-corrected chi connectivity index (χ0v) is 13.8. The lowest BCUT2D eigenvalue weighted by Gasteiger charge is -2.02. The lowest BCUT2D eigenvalue weighted by molar-refractivity contribution is 0.102. The molecule has 0 atom stereocenters. The highest BCUT2D eigenvalue weighted by Gasteiger charge is 2.29. The van der Waals surface area contributed by atoms with Crippen molar-refractivity contribution in [2.75, 3.05) is 5.32 Å². The number of thiazole rings is 1. The van der Waals surface area contributed by atoms with Crippen LogP contribution in [-0.4, -0.2) is 25.7 Å². The molecule has 23 heavy (non-hydrogen) atoms. The highest BCUT2D eigenvalue weighted by atomic mass is 32.1. The Kier molecular flexibility index (Phi) is 3.38. The van der Waals surface area contributed by atoms with Crippen molar-refractivity contribution in [1.29, 1.82) is 0 Å². The first-order valence-corrected chi connectivity index (χ1v) is 8.34. The van der Waals surface area contributed by atoms with Gasteiger partial charge in [-0.25, -0.2) is 4.98 Å². The van der Waals surface area contributed by atoms with E-state index >= 15 is 0 Å². The number of furan rings is 1. The molecule has 1 fully saturated rings. The van der Waals surface area contributed by atoms with Gasteiger partial charge >= 0.3 is 0 Å². The molecule has 9 heteroatoms. The predicted molar refractivity (Wildman–Crippen MR) is 88.2 cm³/mol. The van der Waals surface area contributed by atoms with Crippen molar-refractivity contribution < 1.29 is 9.21 Å². The van der Waals surface area contributed by atoms with Crippen molar-refractivity contribution in [2.45, 2.75) is 25.8 Å². The number of nitrogens with zero attached hydrogens (tertiary/aromatic N) is 3. The summed E-state index contributed by atoms with van der Waals surface area (Å²) in [4.78, 5) is 17.4. The van der Waals surface area contributed by atoms with Gasteiger partial charge in [-0.1, -0.05) is 11.3 Å². The van der Waals surface area contributed by atoms with E-state index in [1.807, 2.05) is 11.5 Å². The van der Waals surface area contributed by atoms with Gasteiger partial charge in [-0.05, 0) is 38.0 Å². The molecule has 4 rings (SSSR count). The fourth-order valence-electron chi connectivity index (χ4n) is 2.36. The molecule has 2 N–H and O–H groups in total. The van der Waals surface area contributed by atoms with Gasteiger partial charge in [-0.2, -0.15) is 5.10 Å². The first kappa shape index (κ1) is 14.3. The molecule has 1 aliphatic rings. The summed E-state index contributed by atoms with van der Waals surface area (Å²) in [5.74, 6) is 0.538.